The fourth-order valence-electron chi connectivity index (χ4n) is 4.30. The summed E-state index contributed by atoms with van der Waals surface area (Å²) >= 11 is 0. The second-order valence-corrected chi connectivity index (χ2v) is 9.75. The van der Waals surface area contributed by atoms with E-state index in [-0.39, 0.29) is 23.1 Å². The van der Waals surface area contributed by atoms with Crippen LogP contribution in [0.3, 0.4) is 0 Å². The molecule has 174 valence electrons. The highest BCUT2D eigenvalue weighted by atomic mass is 16.5. The number of hydrogen-bond acceptors (Lipinski definition) is 5. The van der Waals surface area contributed by atoms with Gasteiger partial charge in [0.05, 0.1) is 5.69 Å². The molecule has 0 radical (unpaired) electrons. The monoisotopic (exact) mass is 440 g/mol. The minimum atomic E-state index is -0.249. The van der Waals surface area contributed by atoms with Crippen LogP contribution in [0.25, 0.3) is 0 Å². The molecule has 0 spiro atoms. The number of aryl methyl sites for hydroxylation is 2. The Balaban J connectivity index is 1.79. The summed E-state index contributed by atoms with van der Waals surface area (Å²) in [5.41, 5.74) is 8.50. The number of anilines is 1. The molecule has 3 N–H and O–H groups in total. The summed E-state index contributed by atoms with van der Waals surface area (Å²) in [7, 11) is 0. The lowest BCUT2D eigenvalue weighted by atomic mass is 9.88. The number of nitrogens with zero attached hydrogens (tertiary/aromatic N) is 2. The maximum atomic E-state index is 13.4. The molecule has 0 unspecified atom stereocenters. The first-order valence-corrected chi connectivity index (χ1v) is 11.5. The van der Waals surface area contributed by atoms with Gasteiger partial charge in [-0.1, -0.05) is 50.4 Å². The Morgan fingerprint density at radius 3 is 2.56 bits per heavy atom. The standard InChI is InChI=1S/C25H36N4O3/c1-17-22(18(2)32-28-17)24(31)29(16-25(3,4)15-26)14-19-9-8-12-21(13-19)27-23(30)20-10-6-5-7-11-20/h8-9,12-13,20H,5-7,10-11,14-16,26H2,1-4H3,(H,27,30). The number of carbonyl (C=O) groups is 2. The van der Waals surface area contributed by atoms with Gasteiger partial charge in [0, 0.05) is 24.7 Å². The number of amides is 2. The fraction of sp³-hybridized carbons (Fsp3) is 0.560. The predicted octanol–water partition coefficient (Wildman–Crippen LogP) is 4.44. The van der Waals surface area contributed by atoms with E-state index in [9.17, 15) is 9.59 Å². The van der Waals surface area contributed by atoms with Gasteiger partial charge >= 0.3 is 0 Å². The molecule has 1 saturated carbocycles. The molecule has 0 bridgehead atoms. The van der Waals surface area contributed by atoms with Gasteiger partial charge in [-0.15, -0.1) is 0 Å². The molecule has 7 heteroatoms. The van der Waals surface area contributed by atoms with Crippen LogP contribution in [0.5, 0.6) is 0 Å². The first-order chi connectivity index (χ1) is 15.2. The van der Waals surface area contributed by atoms with E-state index in [1.165, 1.54) is 6.42 Å². The average Bonchev–Trinajstić information content (AvgIpc) is 3.11. The minimum absolute atomic E-state index is 0.0924. The van der Waals surface area contributed by atoms with E-state index < -0.39 is 0 Å². The largest absolute Gasteiger partial charge is 0.361 e. The number of aromatic nitrogens is 1. The molecule has 1 aromatic carbocycles. The Morgan fingerprint density at radius 1 is 1.22 bits per heavy atom. The molecule has 1 heterocycles. The smallest absolute Gasteiger partial charge is 0.259 e. The summed E-state index contributed by atoms with van der Waals surface area (Å²) in [6, 6.07) is 7.73. The van der Waals surface area contributed by atoms with Crippen molar-refractivity contribution >= 4 is 17.5 Å². The summed E-state index contributed by atoms with van der Waals surface area (Å²) < 4.78 is 5.22. The van der Waals surface area contributed by atoms with Crippen molar-refractivity contribution in [3.05, 3.63) is 46.8 Å². The van der Waals surface area contributed by atoms with Crippen LogP contribution in [0.15, 0.2) is 28.8 Å². The van der Waals surface area contributed by atoms with Gasteiger partial charge in [-0.3, -0.25) is 9.59 Å². The van der Waals surface area contributed by atoms with Crippen molar-refractivity contribution in [1.82, 2.24) is 10.1 Å². The van der Waals surface area contributed by atoms with Gasteiger partial charge in [-0.05, 0) is 56.3 Å². The molecule has 2 amide bonds. The van der Waals surface area contributed by atoms with E-state index in [1.807, 2.05) is 38.1 Å². The highest BCUT2D eigenvalue weighted by molar-refractivity contribution is 5.96. The average molecular weight is 441 g/mol. The molecule has 1 fully saturated rings. The van der Waals surface area contributed by atoms with Crippen LogP contribution < -0.4 is 11.1 Å². The lowest BCUT2D eigenvalue weighted by Gasteiger charge is -2.32. The predicted molar refractivity (Wildman–Crippen MR) is 125 cm³/mol. The van der Waals surface area contributed by atoms with Gasteiger partial charge in [-0.2, -0.15) is 0 Å². The number of nitrogens with two attached hydrogens (primary N) is 1. The van der Waals surface area contributed by atoms with Crippen molar-refractivity contribution in [2.24, 2.45) is 17.1 Å². The Bertz CT molecular complexity index is 925. The number of rotatable bonds is 8. The van der Waals surface area contributed by atoms with Crippen molar-refractivity contribution < 1.29 is 14.1 Å². The van der Waals surface area contributed by atoms with Crippen molar-refractivity contribution in [3.8, 4) is 0 Å². The molecule has 1 aliphatic carbocycles. The molecule has 3 rings (SSSR count). The number of benzene rings is 1. The van der Waals surface area contributed by atoms with Crippen LogP contribution in [0.2, 0.25) is 0 Å². The van der Waals surface area contributed by atoms with Gasteiger partial charge in [0.25, 0.3) is 5.91 Å². The summed E-state index contributed by atoms with van der Waals surface area (Å²) in [6.45, 7) is 8.96. The molecule has 0 aliphatic heterocycles. The van der Waals surface area contributed by atoms with E-state index in [1.54, 1.807) is 18.7 Å². The first-order valence-electron chi connectivity index (χ1n) is 11.5. The Hall–Kier alpha value is -2.67. The molecule has 0 saturated heterocycles. The van der Waals surface area contributed by atoms with Crippen molar-refractivity contribution in [2.45, 2.75) is 66.3 Å². The maximum Gasteiger partial charge on any atom is 0.259 e. The molecule has 1 aromatic heterocycles. The zero-order chi connectivity index (χ0) is 23.3. The van der Waals surface area contributed by atoms with Crippen molar-refractivity contribution in [1.29, 1.82) is 0 Å². The Kier molecular flexibility index (Phi) is 7.72. The van der Waals surface area contributed by atoms with Crippen molar-refractivity contribution in [3.63, 3.8) is 0 Å². The van der Waals surface area contributed by atoms with E-state index in [4.69, 9.17) is 10.3 Å². The SMILES string of the molecule is Cc1noc(C)c1C(=O)N(Cc1cccc(NC(=O)C2CCCCC2)c1)CC(C)(C)CN. The lowest BCUT2D eigenvalue weighted by molar-refractivity contribution is -0.120. The third-order valence-electron chi connectivity index (χ3n) is 6.25. The van der Waals surface area contributed by atoms with Gasteiger partial charge < -0.3 is 20.5 Å². The summed E-state index contributed by atoms with van der Waals surface area (Å²) in [6.07, 6.45) is 5.37. The summed E-state index contributed by atoms with van der Waals surface area (Å²) in [5, 5.41) is 7.01. The zero-order valence-electron chi connectivity index (χ0n) is 19.7. The van der Waals surface area contributed by atoms with E-state index in [0.29, 0.717) is 36.7 Å². The number of nitrogens with one attached hydrogen (secondary N) is 1. The fourth-order valence-corrected chi connectivity index (χ4v) is 4.30. The number of hydrogen-bond donors (Lipinski definition) is 2. The molecular formula is C25H36N4O3. The van der Waals surface area contributed by atoms with Crippen molar-refractivity contribution in [2.75, 3.05) is 18.4 Å². The molecule has 0 atom stereocenters. The third kappa shape index (κ3) is 5.97. The normalized spacial score (nSPS) is 14.9. The Labute approximate surface area is 190 Å². The van der Waals surface area contributed by atoms with Gasteiger partial charge in [-0.25, -0.2) is 0 Å². The van der Waals surface area contributed by atoms with Crippen LogP contribution in [0.4, 0.5) is 5.69 Å². The maximum absolute atomic E-state index is 13.4. The van der Waals surface area contributed by atoms with Crippen LogP contribution in [-0.4, -0.2) is 35.0 Å². The van der Waals surface area contributed by atoms with Crippen LogP contribution in [0, 0.1) is 25.2 Å². The highest BCUT2D eigenvalue weighted by Gasteiger charge is 2.28. The van der Waals surface area contributed by atoms with Gasteiger partial charge in [0.15, 0.2) is 0 Å². The third-order valence-corrected chi connectivity index (χ3v) is 6.25. The van der Waals surface area contributed by atoms with Crippen LogP contribution in [0.1, 0.15) is 73.3 Å². The topological polar surface area (TPSA) is 101 Å². The molecule has 7 nitrogen and oxygen atoms in total. The van der Waals surface area contributed by atoms with E-state index >= 15 is 0 Å². The molecule has 2 aromatic rings. The van der Waals surface area contributed by atoms with E-state index in [0.717, 1.165) is 36.9 Å². The minimum Gasteiger partial charge on any atom is -0.361 e. The van der Waals surface area contributed by atoms with E-state index in [2.05, 4.69) is 10.5 Å². The molecular weight excluding hydrogens is 404 g/mol. The summed E-state index contributed by atoms with van der Waals surface area (Å²) in [5.74, 6) is 0.570. The quantitative estimate of drug-likeness (QED) is 0.632. The number of carbonyl (C=O) groups excluding carboxylic acids is 2. The van der Waals surface area contributed by atoms with Crippen LogP contribution in [-0.2, 0) is 11.3 Å². The second kappa shape index (κ2) is 10.3. The molecule has 1 aliphatic rings. The van der Waals surface area contributed by atoms with Gasteiger partial charge in [0.1, 0.15) is 11.3 Å². The summed E-state index contributed by atoms with van der Waals surface area (Å²) in [4.78, 5) is 27.9. The lowest BCUT2D eigenvalue weighted by Crippen LogP contribution is -2.42. The zero-order valence-corrected chi connectivity index (χ0v) is 19.7. The highest BCUT2D eigenvalue weighted by Crippen LogP contribution is 2.26. The first kappa shape index (κ1) is 24.0. The molecule has 32 heavy (non-hydrogen) atoms. The van der Waals surface area contributed by atoms with Crippen LogP contribution >= 0.6 is 0 Å². The van der Waals surface area contributed by atoms with Gasteiger partial charge in [0.2, 0.25) is 5.91 Å². The second-order valence-electron chi connectivity index (χ2n) is 9.75. The Morgan fingerprint density at radius 2 is 1.94 bits per heavy atom.